The van der Waals surface area contributed by atoms with Crippen LogP contribution in [0.4, 0.5) is 11.4 Å². The number of anilines is 2. The van der Waals surface area contributed by atoms with E-state index in [-0.39, 0.29) is 11.8 Å². The Labute approximate surface area is 190 Å². The van der Waals surface area contributed by atoms with Crippen LogP contribution in [0.3, 0.4) is 0 Å². The van der Waals surface area contributed by atoms with Crippen molar-refractivity contribution in [2.45, 2.75) is 19.9 Å². The average Bonchev–Trinajstić information content (AvgIpc) is 3.05. The first-order valence-electron chi connectivity index (χ1n) is 10.5. The van der Waals surface area contributed by atoms with Gasteiger partial charge in [0.2, 0.25) is 5.91 Å². The summed E-state index contributed by atoms with van der Waals surface area (Å²) in [5.74, 6) is -2.09. The predicted octanol–water partition coefficient (Wildman–Crippen LogP) is 3.59. The zero-order valence-electron chi connectivity index (χ0n) is 18.1. The number of amides is 4. The fraction of sp³-hybridized carbons (Fsp3) is 0.160. The molecule has 3 aromatic rings. The third-order valence-electron chi connectivity index (χ3n) is 5.33. The van der Waals surface area contributed by atoms with Gasteiger partial charge in [0.25, 0.3) is 17.7 Å². The van der Waals surface area contributed by atoms with Gasteiger partial charge in [0.15, 0.2) is 0 Å². The van der Waals surface area contributed by atoms with E-state index in [4.69, 9.17) is 0 Å². The summed E-state index contributed by atoms with van der Waals surface area (Å²) in [4.78, 5) is 56.3. The third kappa shape index (κ3) is 4.36. The van der Waals surface area contributed by atoms with Crippen molar-refractivity contribution >= 4 is 35.0 Å². The van der Waals surface area contributed by atoms with Crippen molar-refractivity contribution in [2.75, 3.05) is 10.6 Å². The number of benzene rings is 2. The zero-order valence-corrected chi connectivity index (χ0v) is 18.1. The number of pyridine rings is 1. The van der Waals surface area contributed by atoms with Crippen molar-refractivity contribution in [3.8, 4) is 0 Å². The number of rotatable bonds is 6. The van der Waals surface area contributed by atoms with Crippen molar-refractivity contribution in [3.05, 3.63) is 89.7 Å². The van der Waals surface area contributed by atoms with Crippen LogP contribution in [0.5, 0.6) is 0 Å². The van der Waals surface area contributed by atoms with Crippen LogP contribution >= 0.6 is 0 Å². The minimum Gasteiger partial charge on any atom is -0.324 e. The van der Waals surface area contributed by atoms with Gasteiger partial charge in [-0.1, -0.05) is 32.0 Å². The number of aromatic nitrogens is 1. The first kappa shape index (κ1) is 21.9. The molecule has 2 aromatic carbocycles. The lowest BCUT2D eigenvalue weighted by Crippen LogP contribution is -2.50. The number of imide groups is 1. The van der Waals surface area contributed by atoms with Gasteiger partial charge >= 0.3 is 0 Å². The van der Waals surface area contributed by atoms with E-state index in [1.807, 2.05) is 0 Å². The molecule has 1 aliphatic rings. The molecular weight excluding hydrogens is 420 g/mol. The summed E-state index contributed by atoms with van der Waals surface area (Å²) in [5.41, 5.74) is 1.94. The molecule has 0 bridgehead atoms. The van der Waals surface area contributed by atoms with Crippen LogP contribution in [0.1, 0.15) is 44.9 Å². The highest BCUT2D eigenvalue weighted by atomic mass is 16.2. The standard InChI is InChI=1S/C25H22N4O4/c1-15(2)21(29-24(32)19-8-3-4-9-20(19)25(29)33)23(31)28-18-7-5-6-17(14-18)27-22(30)16-10-12-26-13-11-16/h3-15,21H,1-2H3,(H,27,30)(H,28,31). The molecule has 1 aliphatic heterocycles. The number of hydrogen-bond acceptors (Lipinski definition) is 5. The van der Waals surface area contributed by atoms with Crippen molar-refractivity contribution in [2.24, 2.45) is 5.92 Å². The second-order valence-corrected chi connectivity index (χ2v) is 7.97. The van der Waals surface area contributed by atoms with Crippen LogP contribution in [-0.4, -0.2) is 39.6 Å². The highest BCUT2D eigenvalue weighted by Crippen LogP contribution is 2.28. The number of carbonyl (C=O) groups is 4. The van der Waals surface area contributed by atoms with Gasteiger partial charge in [-0.3, -0.25) is 29.1 Å². The van der Waals surface area contributed by atoms with Gasteiger partial charge in [-0.25, -0.2) is 0 Å². The summed E-state index contributed by atoms with van der Waals surface area (Å²) in [7, 11) is 0. The van der Waals surface area contributed by atoms with E-state index >= 15 is 0 Å². The lowest BCUT2D eigenvalue weighted by molar-refractivity contribution is -0.121. The fourth-order valence-corrected chi connectivity index (χ4v) is 3.78. The van der Waals surface area contributed by atoms with E-state index in [0.717, 1.165) is 4.90 Å². The van der Waals surface area contributed by atoms with Crippen LogP contribution in [-0.2, 0) is 4.79 Å². The molecule has 0 radical (unpaired) electrons. The molecule has 0 saturated heterocycles. The number of carbonyl (C=O) groups excluding carboxylic acids is 4. The Morgan fingerprint density at radius 3 is 1.97 bits per heavy atom. The SMILES string of the molecule is CC(C)C(C(=O)Nc1cccc(NC(=O)c2ccncc2)c1)N1C(=O)c2ccccc2C1=O. The molecule has 166 valence electrons. The zero-order chi connectivity index (χ0) is 23.5. The smallest absolute Gasteiger partial charge is 0.262 e. The highest BCUT2D eigenvalue weighted by molar-refractivity contribution is 6.23. The minimum absolute atomic E-state index is 0.293. The van der Waals surface area contributed by atoms with Crippen molar-refractivity contribution in [1.82, 2.24) is 9.88 Å². The van der Waals surface area contributed by atoms with Crippen molar-refractivity contribution in [3.63, 3.8) is 0 Å². The number of fused-ring (bicyclic) bond motifs is 1. The van der Waals surface area contributed by atoms with Gasteiger partial charge in [-0.2, -0.15) is 0 Å². The first-order chi connectivity index (χ1) is 15.9. The second kappa shape index (κ2) is 9.04. The number of nitrogens with zero attached hydrogens (tertiary/aromatic N) is 2. The summed E-state index contributed by atoms with van der Waals surface area (Å²) >= 11 is 0. The number of hydrogen-bond donors (Lipinski definition) is 2. The maximum Gasteiger partial charge on any atom is 0.262 e. The molecule has 4 rings (SSSR count). The fourth-order valence-electron chi connectivity index (χ4n) is 3.78. The van der Waals surface area contributed by atoms with Gasteiger partial charge in [-0.05, 0) is 48.4 Å². The van der Waals surface area contributed by atoms with Crippen LogP contribution in [0.15, 0.2) is 73.1 Å². The molecule has 1 unspecified atom stereocenters. The Kier molecular flexibility index (Phi) is 5.99. The van der Waals surface area contributed by atoms with Crippen LogP contribution in [0, 0.1) is 5.92 Å². The largest absolute Gasteiger partial charge is 0.324 e. The van der Waals surface area contributed by atoms with Crippen LogP contribution < -0.4 is 10.6 Å². The Bertz CT molecular complexity index is 1200. The third-order valence-corrected chi connectivity index (χ3v) is 5.33. The van der Waals surface area contributed by atoms with Gasteiger partial charge in [0.05, 0.1) is 11.1 Å². The van der Waals surface area contributed by atoms with Crippen LogP contribution in [0.2, 0.25) is 0 Å². The van der Waals surface area contributed by atoms with Crippen molar-refractivity contribution in [1.29, 1.82) is 0 Å². The summed E-state index contributed by atoms with van der Waals surface area (Å²) in [5, 5.41) is 5.54. The van der Waals surface area contributed by atoms with Crippen molar-refractivity contribution < 1.29 is 19.2 Å². The minimum atomic E-state index is -0.993. The average molecular weight is 442 g/mol. The molecule has 8 nitrogen and oxygen atoms in total. The maximum atomic E-state index is 13.2. The molecule has 2 N–H and O–H groups in total. The number of nitrogens with one attached hydrogen (secondary N) is 2. The molecule has 2 heterocycles. The summed E-state index contributed by atoms with van der Waals surface area (Å²) < 4.78 is 0. The molecule has 8 heteroatoms. The highest BCUT2D eigenvalue weighted by Gasteiger charge is 2.43. The normalized spacial score (nSPS) is 13.6. The molecule has 1 atom stereocenters. The molecule has 0 saturated carbocycles. The van der Waals surface area contributed by atoms with E-state index in [1.165, 1.54) is 12.4 Å². The lowest BCUT2D eigenvalue weighted by atomic mass is 10.0. The van der Waals surface area contributed by atoms with E-state index in [0.29, 0.717) is 28.1 Å². The quantitative estimate of drug-likeness (QED) is 0.567. The molecule has 1 aromatic heterocycles. The molecule has 0 spiro atoms. The molecule has 33 heavy (non-hydrogen) atoms. The van der Waals surface area contributed by atoms with E-state index in [2.05, 4.69) is 15.6 Å². The van der Waals surface area contributed by atoms with Gasteiger partial charge in [-0.15, -0.1) is 0 Å². The lowest BCUT2D eigenvalue weighted by Gasteiger charge is -2.28. The van der Waals surface area contributed by atoms with Gasteiger partial charge < -0.3 is 10.6 Å². The van der Waals surface area contributed by atoms with E-state index < -0.39 is 23.8 Å². The monoisotopic (exact) mass is 442 g/mol. The Hall–Kier alpha value is -4.33. The second-order valence-electron chi connectivity index (χ2n) is 7.97. The molecular formula is C25H22N4O4. The Balaban J connectivity index is 1.52. The van der Waals surface area contributed by atoms with E-state index in [9.17, 15) is 19.2 Å². The maximum absolute atomic E-state index is 13.2. The summed E-state index contributed by atoms with van der Waals surface area (Å²) in [6.45, 7) is 3.55. The molecule has 0 fully saturated rings. The molecule has 4 amide bonds. The summed E-state index contributed by atoms with van der Waals surface area (Å²) in [6, 6.07) is 15.4. The van der Waals surface area contributed by atoms with Gasteiger partial charge in [0.1, 0.15) is 6.04 Å². The van der Waals surface area contributed by atoms with Gasteiger partial charge in [0, 0.05) is 29.3 Å². The topological polar surface area (TPSA) is 108 Å². The first-order valence-corrected chi connectivity index (χ1v) is 10.5. The van der Waals surface area contributed by atoms with Crippen LogP contribution in [0.25, 0.3) is 0 Å². The van der Waals surface area contributed by atoms with E-state index in [1.54, 1.807) is 74.5 Å². The predicted molar refractivity (Wildman–Crippen MR) is 123 cm³/mol. The summed E-state index contributed by atoms with van der Waals surface area (Å²) in [6.07, 6.45) is 3.05. The Morgan fingerprint density at radius 2 is 1.39 bits per heavy atom. The Morgan fingerprint density at radius 1 is 0.818 bits per heavy atom. The molecule has 0 aliphatic carbocycles.